The number of ether oxygens (including phenoxy) is 2. The molecule has 1 aliphatic rings. The summed E-state index contributed by atoms with van der Waals surface area (Å²) in [6.07, 6.45) is 0. The molecule has 1 aromatic rings. The van der Waals surface area contributed by atoms with Crippen molar-refractivity contribution in [3.63, 3.8) is 0 Å². The molecule has 1 saturated heterocycles. The van der Waals surface area contributed by atoms with Gasteiger partial charge in [0, 0.05) is 0 Å². The second kappa shape index (κ2) is 7.85. The Morgan fingerprint density at radius 2 is 1.37 bits per heavy atom. The summed E-state index contributed by atoms with van der Waals surface area (Å²) >= 11 is 0. The maximum Gasteiger partial charge on any atom is 0.345 e. The number of carbonyl (C=O) groups excluding carboxylic acids is 4. The van der Waals surface area contributed by atoms with Gasteiger partial charge < -0.3 is 14.4 Å². The lowest BCUT2D eigenvalue weighted by atomic mass is 9.69. The fourth-order valence-corrected chi connectivity index (χ4v) is 3.64. The molecule has 0 saturated carbocycles. The average molecular weight is 418 g/mol. The number of likely N-dealkylation sites (tertiary alicyclic amines) is 1. The smallest absolute Gasteiger partial charge is 0.345 e. The molecule has 0 bridgehead atoms. The number of benzene rings is 1. The molecule has 0 aromatic heterocycles. The van der Waals surface area contributed by atoms with Gasteiger partial charge in [0.2, 0.25) is 5.91 Å². The second-order valence-corrected chi connectivity index (χ2v) is 9.61. The molecule has 7 heteroatoms. The Labute approximate surface area is 177 Å². The lowest BCUT2D eigenvalue weighted by Gasteiger charge is -2.55. The molecular formula is C23H31NO6. The average Bonchev–Trinajstić information content (AvgIpc) is 2.56. The van der Waals surface area contributed by atoms with Crippen molar-refractivity contribution in [2.45, 2.75) is 78.2 Å². The highest BCUT2D eigenvalue weighted by molar-refractivity contribution is 6.24. The zero-order valence-electron chi connectivity index (χ0n) is 18.9. The van der Waals surface area contributed by atoms with Crippen LogP contribution in [-0.2, 0) is 28.7 Å². The molecule has 0 spiro atoms. The second-order valence-electron chi connectivity index (χ2n) is 9.61. The Hall–Kier alpha value is -2.70. The van der Waals surface area contributed by atoms with Crippen LogP contribution in [-0.4, -0.2) is 45.3 Å². The van der Waals surface area contributed by atoms with E-state index in [1.807, 2.05) is 6.07 Å². The molecule has 30 heavy (non-hydrogen) atoms. The van der Waals surface area contributed by atoms with Gasteiger partial charge in [0.15, 0.2) is 0 Å². The summed E-state index contributed by atoms with van der Waals surface area (Å²) in [4.78, 5) is 53.5. The molecule has 0 N–H and O–H groups in total. The fourth-order valence-electron chi connectivity index (χ4n) is 3.64. The van der Waals surface area contributed by atoms with Gasteiger partial charge in [-0.2, -0.15) is 0 Å². The lowest BCUT2D eigenvalue weighted by molar-refractivity contribution is -0.216. The summed E-state index contributed by atoms with van der Waals surface area (Å²) < 4.78 is 11.1. The third kappa shape index (κ3) is 4.25. The van der Waals surface area contributed by atoms with Crippen LogP contribution in [0.5, 0.6) is 0 Å². The zero-order chi connectivity index (χ0) is 23.1. The van der Waals surface area contributed by atoms with Crippen molar-refractivity contribution in [2.24, 2.45) is 5.92 Å². The van der Waals surface area contributed by atoms with E-state index in [0.29, 0.717) is 5.56 Å². The molecule has 1 amide bonds. The van der Waals surface area contributed by atoms with Crippen LogP contribution in [0.2, 0.25) is 0 Å². The van der Waals surface area contributed by atoms with Crippen LogP contribution in [0.4, 0.5) is 0 Å². The molecule has 1 heterocycles. The number of carbonyl (C=O) groups is 4. The number of Topliss-reactive ketones (excluding diaryl/α,β-unsaturated/α-hetero) is 1. The number of nitrogens with zero attached hydrogens (tertiary/aromatic N) is 1. The van der Waals surface area contributed by atoms with E-state index in [1.165, 1.54) is 6.92 Å². The first-order valence-electron chi connectivity index (χ1n) is 9.98. The van der Waals surface area contributed by atoms with E-state index in [9.17, 15) is 19.2 Å². The van der Waals surface area contributed by atoms with Gasteiger partial charge in [0.25, 0.3) is 5.54 Å². The van der Waals surface area contributed by atoms with Crippen LogP contribution in [0.15, 0.2) is 30.3 Å². The lowest BCUT2D eigenvalue weighted by Crippen LogP contribution is -2.81. The Morgan fingerprint density at radius 1 is 0.933 bits per heavy atom. The number of β-lactam (4-membered cyclic amide) rings is 1. The molecule has 1 fully saturated rings. The van der Waals surface area contributed by atoms with Crippen molar-refractivity contribution in [1.82, 2.24) is 4.90 Å². The summed E-state index contributed by atoms with van der Waals surface area (Å²) in [5.74, 6) is -4.61. The molecule has 2 rings (SSSR count). The van der Waals surface area contributed by atoms with Crippen molar-refractivity contribution in [2.75, 3.05) is 0 Å². The van der Waals surface area contributed by atoms with Gasteiger partial charge in [0.1, 0.15) is 22.9 Å². The molecule has 7 nitrogen and oxygen atoms in total. The molecule has 0 aliphatic carbocycles. The van der Waals surface area contributed by atoms with Crippen molar-refractivity contribution in [3.8, 4) is 0 Å². The molecule has 2 atom stereocenters. The summed E-state index contributed by atoms with van der Waals surface area (Å²) in [5, 5.41) is 0. The van der Waals surface area contributed by atoms with E-state index in [4.69, 9.17) is 9.47 Å². The first-order valence-corrected chi connectivity index (χ1v) is 9.98. The highest BCUT2D eigenvalue weighted by Crippen LogP contribution is 2.47. The van der Waals surface area contributed by atoms with Gasteiger partial charge in [-0.3, -0.25) is 9.59 Å². The number of hydrogen-bond donors (Lipinski definition) is 0. The predicted molar refractivity (Wildman–Crippen MR) is 110 cm³/mol. The highest BCUT2D eigenvalue weighted by atomic mass is 16.6. The molecule has 0 radical (unpaired) electrons. The quantitative estimate of drug-likeness (QED) is 0.415. The Morgan fingerprint density at radius 3 is 1.73 bits per heavy atom. The topological polar surface area (TPSA) is 90.0 Å². The van der Waals surface area contributed by atoms with Gasteiger partial charge in [-0.1, -0.05) is 30.3 Å². The van der Waals surface area contributed by atoms with Crippen molar-refractivity contribution < 1.29 is 28.7 Å². The summed E-state index contributed by atoms with van der Waals surface area (Å²) in [7, 11) is 0. The number of ketones is 1. The Bertz CT molecular complexity index is 819. The number of rotatable bonds is 5. The highest BCUT2D eigenvalue weighted by Gasteiger charge is 2.75. The van der Waals surface area contributed by atoms with Crippen LogP contribution in [0.3, 0.4) is 0 Å². The van der Waals surface area contributed by atoms with Gasteiger partial charge in [-0.05, 0) is 61.0 Å². The van der Waals surface area contributed by atoms with Crippen molar-refractivity contribution in [1.29, 1.82) is 0 Å². The fraction of sp³-hybridized carbons (Fsp3) is 0.565. The van der Waals surface area contributed by atoms with Crippen molar-refractivity contribution in [3.05, 3.63) is 35.9 Å². The van der Waals surface area contributed by atoms with Gasteiger partial charge in [0.05, 0.1) is 6.04 Å². The summed E-state index contributed by atoms with van der Waals surface area (Å²) in [6, 6.07) is 8.32. The third-order valence-electron chi connectivity index (χ3n) is 4.78. The molecule has 1 aromatic carbocycles. The minimum absolute atomic E-state index is 0.590. The van der Waals surface area contributed by atoms with E-state index >= 15 is 0 Å². The Balaban J connectivity index is 2.68. The zero-order valence-corrected chi connectivity index (χ0v) is 18.9. The van der Waals surface area contributed by atoms with Crippen LogP contribution < -0.4 is 0 Å². The predicted octanol–water partition coefficient (Wildman–Crippen LogP) is 3.22. The minimum Gasteiger partial charge on any atom is -0.458 e. The number of hydrogen-bond acceptors (Lipinski definition) is 6. The standard InChI is InChI=1S/C23H31NO6/c1-14(16-12-10-9-11-13-16)24-18(26)17(15(2)25)23(24,19(27)29-21(3,4)5)20(28)30-22(6,7)8/h9-14,17H,1-8H3/t14-,17+/m1/s1. The largest absolute Gasteiger partial charge is 0.458 e. The Kier molecular flexibility index (Phi) is 6.17. The minimum atomic E-state index is -2.18. The monoisotopic (exact) mass is 417 g/mol. The molecule has 1 aliphatic heterocycles. The van der Waals surface area contributed by atoms with Gasteiger partial charge >= 0.3 is 11.9 Å². The summed E-state index contributed by atoms with van der Waals surface area (Å²) in [5.41, 5.74) is -3.34. The van der Waals surface area contributed by atoms with E-state index in [1.54, 1.807) is 72.7 Å². The number of amides is 1. The van der Waals surface area contributed by atoms with Gasteiger partial charge in [-0.15, -0.1) is 0 Å². The van der Waals surface area contributed by atoms with Crippen LogP contribution >= 0.6 is 0 Å². The maximum absolute atomic E-state index is 13.4. The maximum atomic E-state index is 13.4. The van der Waals surface area contributed by atoms with E-state index in [0.717, 1.165) is 4.90 Å². The normalized spacial score (nSPS) is 19.5. The number of esters is 2. The van der Waals surface area contributed by atoms with Crippen molar-refractivity contribution >= 4 is 23.6 Å². The molecule has 0 unspecified atom stereocenters. The first-order chi connectivity index (χ1) is 13.6. The first kappa shape index (κ1) is 23.6. The summed E-state index contributed by atoms with van der Waals surface area (Å²) in [6.45, 7) is 12.8. The van der Waals surface area contributed by atoms with E-state index < -0.39 is 52.3 Å². The van der Waals surface area contributed by atoms with E-state index in [-0.39, 0.29) is 0 Å². The van der Waals surface area contributed by atoms with Crippen LogP contribution in [0, 0.1) is 5.92 Å². The SMILES string of the molecule is CC(=O)[C@H]1C(=O)N([C@H](C)c2ccccc2)C1(C(=O)OC(C)(C)C)C(=O)OC(C)(C)C. The van der Waals surface area contributed by atoms with E-state index in [2.05, 4.69) is 0 Å². The van der Waals surface area contributed by atoms with Gasteiger partial charge in [-0.25, -0.2) is 9.59 Å². The third-order valence-corrected chi connectivity index (χ3v) is 4.78. The van der Waals surface area contributed by atoms with Crippen LogP contribution in [0.1, 0.15) is 67.0 Å². The van der Waals surface area contributed by atoms with Crippen LogP contribution in [0.25, 0.3) is 0 Å². The molecule has 164 valence electrons. The molecular weight excluding hydrogens is 386 g/mol.